The van der Waals surface area contributed by atoms with Crippen LogP contribution in [0.15, 0.2) is 36.7 Å². The van der Waals surface area contributed by atoms with Crippen molar-refractivity contribution in [3.05, 3.63) is 42.5 Å². The van der Waals surface area contributed by atoms with Crippen molar-refractivity contribution in [3.8, 4) is 10.4 Å². The first-order valence-electron chi connectivity index (χ1n) is 9.87. The second-order valence-electron chi connectivity index (χ2n) is 7.14. The zero-order chi connectivity index (χ0) is 20.9. The fourth-order valence-electron chi connectivity index (χ4n) is 3.49. The zero-order valence-corrected chi connectivity index (χ0v) is 17.6. The summed E-state index contributed by atoms with van der Waals surface area (Å²) in [5.74, 6) is 0.695. The molecule has 4 rings (SSSR count). The van der Waals surface area contributed by atoms with E-state index >= 15 is 0 Å². The number of amides is 1. The molecule has 0 radical (unpaired) electrons. The molecule has 0 unspecified atom stereocenters. The molecule has 1 fully saturated rings. The van der Waals surface area contributed by atoms with E-state index in [2.05, 4.69) is 25.1 Å². The van der Waals surface area contributed by atoms with Crippen LogP contribution in [0, 0.1) is 5.82 Å². The maximum absolute atomic E-state index is 13.2. The van der Waals surface area contributed by atoms with Crippen molar-refractivity contribution in [1.82, 2.24) is 20.2 Å². The Kier molecular flexibility index (Phi) is 6.51. The normalized spacial score (nSPS) is 14.9. The number of thiophene rings is 1. The number of carbonyl (C=O) groups excluding carboxylic acids is 1. The number of hydrogen-bond donors (Lipinski definition) is 1. The van der Waals surface area contributed by atoms with Gasteiger partial charge in [-0.1, -0.05) is 12.1 Å². The van der Waals surface area contributed by atoms with Gasteiger partial charge in [0.1, 0.15) is 18.0 Å². The smallest absolute Gasteiger partial charge is 0.234 e. The van der Waals surface area contributed by atoms with Crippen LogP contribution in [-0.2, 0) is 9.53 Å². The van der Waals surface area contributed by atoms with E-state index in [9.17, 15) is 9.18 Å². The van der Waals surface area contributed by atoms with Crippen molar-refractivity contribution < 1.29 is 13.9 Å². The number of carbonyl (C=O) groups is 1. The third-order valence-corrected chi connectivity index (χ3v) is 6.26. The van der Waals surface area contributed by atoms with Crippen LogP contribution in [0.3, 0.4) is 0 Å². The molecule has 0 bridgehead atoms. The molecule has 0 aliphatic carbocycles. The summed E-state index contributed by atoms with van der Waals surface area (Å²) in [6, 6.07) is 8.53. The molecule has 1 aliphatic heterocycles. The number of methoxy groups -OCH3 is 1. The summed E-state index contributed by atoms with van der Waals surface area (Å²) in [5.41, 5.74) is 1.86. The minimum Gasteiger partial charge on any atom is -0.383 e. The molecule has 1 N–H and O–H groups in total. The Balaban J connectivity index is 1.43. The molecule has 0 spiro atoms. The number of hydrogen-bond acceptors (Lipinski definition) is 7. The van der Waals surface area contributed by atoms with Crippen LogP contribution < -0.4 is 10.2 Å². The molecule has 30 heavy (non-hydrogen) atoms. The van der Waals surface area contributed by atoms with Gasteiger partial charge in [0, 0.05) is 44.7 Å². The lowest BCUT2D eigenvalue weighted by Gasteiger charge is -2.35. The molecule has 1 aromatic carbocycles. The highest BCUT2D eigenvalue weighted by molar-refractivity contribution is 7.22. The predicted octanol–water partition coefficient (Wildman–Crippen LogP) is 2.38. The summed E-state index contributed by atoms with van der Waals surface area (Å²) in [6.07, 6.45) is 1.59. The number of fused-ring (bicyclic) bond motifs is 1. The third kappa shape index (κ3) is 4.75. The lowest BCUT2D eigenvalue weighted by Crippen LogP contribution is -2.50. The van der Waals surface area contributed by atoms with Crippen molar-refractivity contribution in [2.45, 2.75) is 0 Å². The number of nitrogens with one attached hydrogen (secondary N) is 1. The first-order chi connectivity index (χ1) is 14.6. The standard InChI is InChI=1S/C21H24FN5O2S/c1-29-11-6-23-19(28)13-26-7-9-27(10-8-26)21-20-17(24-14-25-21)12-18(30-20)15-2-4-16(22)5-3-15/h2-5,12,14H,6-11,13H2,1H3,(H,23,28). The first kappa shape index (κ1) is 20.6. The van der Waals surface area contributed by atoms with E-state index in [0.29, 0.717) is 19.7 Å². The summed E-state index contributed by atoms with van der Waals surface area (Å²) in [4.78, 5) is 26.4. The van der Waals surface area contributed by atoms with Gasteiger partial charge < -0.3 is 15.0 Å². The number of halogens is 1. The summed E-state index contributed by atoms with van der Waals surface area (Å²) in [6.45, 7) is 4.61. The van der Waals surface area contributed by atoms with Gasteiger partial charge in [0.05, 0.1) is 23.4 Å². The maximum Gasteiger partial charge on any atom is 0.234 e. The number of benzene rings is 1. The first-order valence-corrected chi connectivity index (χ1v) is 10.7. The average Bonchev–Trinajstić information content (AvgIpc) is 3.19. The Labute approximate surface area is 178 Å². The van der Waals surface area contributed by atoms with E-state index in [0.717, 1.165) is 52.7 Å². The quantitative estimate of drug-likeness (QED) is 0.582. The molecule has 1 aliphatic rings. The second kappa shape index (κ2) is 9.46. The van der Waals surface area contributed by atoms with Gasteiger partial charge in [-0.25, -0.2) is 14.4 Å². The number of rotatable bonds is 7. The molecule has 3 aromatic rings. The van der Waals surface area contributed by atoms with Crippen LogP contribution in [-0.4, -0.2) is 73.8 Å². The Bertz CT molecular complexity index is 1000. The molecule has 2 aromatic heterocycles. The Morgan fingerprint density at radius 1 is 1.20 bits per heavy atom. The predicted molar refractivity (Wildman–Crippen MR) is 116 cm³/mol. The van der Waals surface area contributed by atoms with Gasteiger partial charge in [-0.15, -0.1) is 11.3 Å². The molecule has 0 saturated carbocycles. The van der Waals surface area contributed by atoms with Gasteiger partial charge >= 0.3 is 0 Å². The summed E-state index contributed by atoms with van der Waals surface area (Å²) in [5, 5.41) is 2.86. The topological polar surface area (TPSA) is 70.6 Å². The molecular formula is C21H24FN5O2S. The van der Waals surface area contributed by atoms with Gasteiger partial charge in [0.15, 0.2) is 0 Å². The largest absolute Gasteiger partial charge is 0.383 e. The molecule has 158 valence electrons. The second-order valence-corrected chi connectivity index (χ2v) is 8.19. The average molecular weight is 430 g/mol. The highest BCUT2D eigenvalue weighted by atomic mass is 32.1. The molecule has 1 amide bonds. The van der Waals surface area contributed by atoms with Crippen LogP contribution in [0.4, 0.5) is 10.2 Å². The van der Waals surface area contributed by atoms with Crippen molar-refractivity contribution in [2.75, 3.05) is 57.9 Å². The van der Waals surface area contributed by atoms with E-state index in [1.165, 1.54) is 12.1 Å². The number of nitrogens with zero attached hydrogens (tertiary/aromatic N) is 4. The van der Waals surface area contributed by atoms with Crippen molar-refractivity contribution in [3.63, 3.8) is 0 Å². The summed E-state index contributed by atoms with van der Waals surface area (Å²) in [7, 11) is 1.62. The highest BCUT2D eigenvalue weighted by Gasteiger charge is 2.22. The van der Waals surface area contributed by atoms with Crippen molar-refractivity contribution in [1.29, 1.82) is 0 Å². The molecule has 7 nitrogen and oxygen atoms in total. The van der Waals surface area contributed by atoms with E-state index < -0.39 is 0 Å². The third-order valence-electron chi connectivity index (χ3n) is 5.09. The van der Waals surface area contributed by atoms with Gasteiger partial charge in [0.2, 0.25) is 5.91 Å². The van der Waals surface area contributed by atoms with Crippen LogP contribution in [0.1, 0.15) is 0 Å². The van der Waals surface area contributed by atoms with Crippen LogP contribution in [0.2, 0.25) is 0 Å². The Morgan fingerprint density at radius 2 is 1.97 bits per heavy atom. The molecule has 0 atom stereocenters. The number of ether oxygens (including phenoxy) is 1. The van der Waals surface area contributed by atoms with E-state index in [-0.39, 0.29) is 11.7 Å². The molecule has 3 heterocycles. The zero-order valence-electron chi connectivity index (χ0n) is 16.8. The minimum atomic E-state index is -0.245. The van der Waals surface area contributed by atoms with Gasteiger partial charge in [-0.05, 0) is 23.8 Å². The molecule has 9 heteroatoms. The van der Waals surface area contributed by atoms with Crippen LogP contribution >= 0.6 is 11.3 Å². The van der Waals surface area contributed by atoms with Crippen LogP contribution in [0.5, 0.6) is 0 Å². The summed E-state index contributed by atoms with van der Waals surface area (Å²) >= 11 is 1.62. The number of aromatic nitrogens is 2. The lowest BCUT2D eigenvalue weighted by atomic mass is 10.2. The Morgan fingerprint density at radius 3 is 2.70 bits per heavy atom. The van der Waals surface area contributed by atoms with Crippen molar-refractivity contribution in [2.24, 2.45) is 0 Å². The monoisotopic (exact) mass is 429 g/mol. The van der Waals surface area contributed by atoms with Gasteiger partial charge in [-0.3, -0.25) is 9.69 Å². The maximum atomic E-state index is 13.2. The van der Waals surface area contributed by atoms with Crippen molar-refractivity contribution >= 4 is 33.3 Å². The van der Waals surface area contributed by atoms with E-state index in [4.69, 9.17) is 4.74 Å². The number of anilines is 1. The highest BCUT2D eigenvalue weighted by Crippen LogP contribution is 2.37. The van der Waals surface area contributed by atoms with Gasteiger partial charge in [-0.2, -0.15) is 0 Å². The number of piperazine rings is 1. The minimum absolute atomic E-state index is 0.0205. The SMILES string of the molecule is COCCNC(=O)CN1CCN(c2ncnc3cc(-c4ccc(F)cc4)sc23)CC1. The van der Waals surface area contributed by atoms with Crippen LogP contribution in [0.25, 0.3) is 20.7 Å². The van der Waals surface area contributed by atoms with E-state index in [1.54, 1.807) is 36.9 Å². The van der Waals surface area contributed by atoms with Gasteiger partial charge in [0.25, 0.3) is 0 Å². The fraction of sp³-hybridized carbons (Fsp3) is 0.381. The lowest BCUT2D eigenvalue weighted by molar-refractivity contribution is -0.122. The van der Waals surface area contributed by atoms with E-state index in [1.807, 2.05) is 6.07 Å². The molecule has 1 saturated heterocycles. The molecular weight excluding hydrogens is 405 g/mol. The fourth-order valence-corrected chi connectivity index (χ4v) is 4.63. The Hall–Kier alpha value is -2.62. The summed E-state index contributed by atoms with van der Waals surface area (Å²) < 4.78 is 19.2.